The van der Waals surface area contributed by atoms with E-state index in [0.29, 0.717) is 32.1 Å². The molecule has 0 amide bonds. The monoisotopic (exact) mass is 987 g/mol. The molecule has 24 atom stereocenters. The van der Waals surface area contributed by atoms with Crippen LogP contribution in [0.15, 0.2) is 11.6 Å². The van der Waals surface area contributed by atoms with Crippen molar-refractivity contribution in [3.8, 4) is 0 Å². The predicted octanol–water partition coefficient (Wildman–Crippen LogP) is -0.141. The Balaban J connectivity index is 1.02. The van der Waals surface area contributed by atoms with Crippen LogP contribution in [-0.2, 0) is 42.7 Å². The SMILES string of the molecule is COC(=O)C1(C)CCC2(C(=O)O)CCC3(C)C(=CCC4C5(C)CCC(OC6OC(CO)C(O)C(OC7OC(CO)C(O)C(O)C7OC7OC(CO)C(O)C(O)C7O)C6O)C(C)(C)C5CCC43C)C2C1. The summed E-state index contributed by atoms with van der Waals surface area (Å²) in [7, 11) is 1.39. The van der Waals surface area contributed by atoms with Crippen LogP contribution in [0.4, 0.5) is 0 Å². The third kappa shape index (κ3) is 8.26. The molecular weight excluding hydrogens is 909 g/mol. The number of carboxylic acid groups (broad SMARTS) is 1. The van der Waals surface area contributed by atoms with Gasteiger partial charge in [0.25, 0.3) is 0 Å². The van der Waals surface area contributed by atoms with Crippen molar-refractivity contribution < 1.29 is 98.9 Å². The summed E-state index contributed by atoms with van der Waals surface area (Å²) in [5.74, 6) is -1.06. The van der Waals surface area contributed by atoms with Gasteiger partial charge in [-0.05, 0) is 111 Å². The van der Waals surface area contributed by atoms with Gasteiger partial charge in [0.05, 0.1) is 43.9 Å². The second-order valence-electron chi connectivity index (χ2n) is 23.4. The van der Waals surface area contributed by atoms with Crippen LogP contribution in [0, 0.1) is 50.2 Å². The first-order valence-corrected chi connectivity index (χ1v) is 24.9. The lowest BCUT2D eigenvalue weighted by Gasteiger charge is -2.71. The molecule has 20 heteroatoms. The van der Waals surface area contributed by atoms with Gasteiger partial charge in [0.15, 0.2) is 18.9 Å². The van der Waals surface area contributed by atoms with Gasteiger partial charge in [-0.2, -0.15) is 0 Å². The van der Waals surface area contributed by atoms with Gasteiger partial charge in [0.1, 0.15) is 73.2 Å². The zero-order valence-electron chi connectivity index (χ0n) is 40.8. The maximum absolute atomic E-state index is 13.3. The Kier molecular flexibility index (Phi) is 14.7. The number of carbonyl (C=O) groups excluding carboxylic acids is 1. The molecule has 0 aromatic carbocycles. The Morgan fingerprint density at radius 1 is 0.623 bits per heavy atom. The molecular formula is C49H78O20. The van der Waals surface area contributed by atoms with Crippen LogP contribution in [0.5, 0.6) is 0 Å². The zero-order valence-corrected chi connectivity index (χ0v) is 40.8. The van der Waals surface area contributed by atoms with Gasteiger partial charge in [-0.1, -0.05) is 46.3 Å². The summed E-state index contributed by atoms with van der Waals surface area (Å²) >= 11 is 0. The molecule has 0 spiro atoms. The highest BCUT2D eigenvalue weighted by atomic mass is 16.8. The van der Waals surface area contributed by atoms with Crippen LogP contribution in [0.25, 0.3) is 0 Å². The molecule has 5 aliphatic carbocycles. The van der Waals surface area contributed by atoms with E-state index in [1.54, 1.807) is 0 Å². The van der Waals surface area contributed by atoms with Crippen molar-refractivity contribution >= 4 is 11.9 Å². The molecule has 394 valence electrons. The van der Waals surface area contributed by atoms with Gasteiger partial charge in [-0.3, -0.25) is 9.59 Å². The fraction of sp³-hybridized carbons (Fsp3) is 0.918. The number of carbonyl (C=O) groups is 2. The van der Waals surface area contributed by atoms with E-state index in [1.807, 2.05) is 6.92 Å². The molecule has 4 saturated carbocycles. The van der Waals surface area contributed by atoms with Crippen LogP contribution >= 0.6 is 0 Å². The lowest BCUT2D eigenvalue weighted by Crippen LogP contribution is -2.67. The smallest absolute Gasteiger partial charge is 0.311 e. The number of rotatable bonds is 11. The van der Waals surface area contributed by atoms with E-state index in [4.69, 9.17) is 33.2 Å². The molecule has 20 nitrogen and oxygen atoms in total. The van der Waals surface area contributed by atoms with E-state index in [1.165, 1.54) is 12.7 Å². The minimum atomic E-state index is -1.93. The topological polar surface area (TPSA) is 321 Å². The number of allylic oxidation sites excluding steroid dienone is 2. The first kappa shape index (κ1) is 53.3. The number of carboxylic acids is 1. The molecule has 8 aliphatic rings. The Bertz CT molecular complexity index is 1920. The number of aliphatic carboxylic acids is 1. The van der Waals surface area contributed by atoms with Gasteiger partial charge in [-0.15, -0.1) is 0 Å². The first-order chi connectivity index (χ1) is 32.3. The minimum Gasteiger partial charge on any atom is -0.481 e. The fourth-order valence-electron chi connectivity index (χ4n) is 15.4. The summed E-state index contributed by atoms with van der Waals surface area (Å²) in [4.78, 5) is 26.4. The number of hydrogen-bond acceptors (Lipinski definition) is 19. The highest BCUT2D eigenvalue weighted by molar-refractivity contribution is 5.80. The zero-order chi connectivity index (χ0) is 50.6. The second-order valence-corrected chi connectivity index (χ2v) is 23.4. The van der Waals surface area contributed by atoms with Gasteiger partial charge in [0, 0.05) is 0 Å². The number of fused-ring (bicyclic) bond motifs is 7. The molecule has 0 bridgehead atoms. The maximum Gasteiger partial charge on any atom is 0.311 e. The maximum atomic E-state index is 13.3. The number of hydrogen-bond donors (Lipinski definition) is 11. The Morgan fingerprint density at radius 3 is 1.80 bits per heavy atom. The van der Waals surface area contributed by atoms with Crippen molar-refractivity contribution in [1.82, 2.24) is 0 Å². The van der Waals surface area contributed by atoms with E-state index in [2.05, 4.69) is 40.7 Å². The van der Waals surface area contributed by atoms with Crippen molar-refractivity contribution in [2.45, 2.75) is 204 Å². The van der Waals surface area contributed by atoms with Crippen molar-refractivity contribution in [1.29, 1.82) is 0 Å². The Labute approximate surface area is 402 Å². The molecule has 3 heterocycles. The Hall–Kier alpha value is -1.96. The highest BCUT2D eigenvalue weighted by Crippen LogP contribution is 2.76. The molecule has 0 aromatic heterocycles. The number of aliphatic hydroxyl groups excluding tert-OH is 10. The third-order valence-electron chi connectivity index (χ3n) is 19.8. The summed E-state index contributed by atoms with van der Waals surface area (Å²) in [6, 6.07) is 0. The first-order valence-electron chi connectivity index (χ1n) is 24.9. The molecule has 69 heavy (non-hydrogen) atoms. The fourth-order valence-corrected chi connectivity index (χ4v) is 15.4. The van der Waals surface area contributed by atoms with E-state index in [0.717, 1.165) is 32.1 Å². The molecule has 3 aliphatic heterocycles. The number of aliphatic hydroxyl groups is 10. The molecule has 0 radical (unpaired) electrons. The van der Waals surface area contributed by atoms with Gasteiger partial charge in [0.2, 0.25) is 0 Å². The van der Waals surface area contributed by atoms with Crippen molar-refractivity contribution in [2.75, 3.05) is 26.9 Å². The summed E-state index contributed by atoms with van der Waals surface area (Å²) in [5.41, 5.74) is -1.79. The highest BCUT2D eigenvalue weighted by Gasteiger charge is 2.70. The van der Waals surface area contributed by atoms with Crippen molar-refractivity contribution in [2.24, 2.45) is 50.2 Å². The van der Waals surface area contributed by atoms with Crippen LogP contribution in [-0.4, -0.2) is 193 Å². The van der Waals surface area contributed by atoms with Gasteiger partial charge in [-0.25, -0.2) is 0 Å². The summed E-state index contributed by atoms with van der Waals surface area (Å²) in [6.45, 7) is 10.9. The van der Waals surface area contributed by atoms with E-state index < -0.39 is 140 Å². The predicted molar refractivity (Wildman–Crippen MR) is 237 cm³/mol. The number of esters is 1. The minimum absolute atomic E-state index is 0.116. The number of ether oxygens (including phenoxy) is 7. The normalized spacial score (nSPS) is 52.8. The van der Waals surface area contributed by atoms with Gasteiger partial charge < -0.3 is 89.3 Å². The lowest BCUT2D eigenvalue weighted by atomic mass is 9.33. The lowest BCUT2D eigenvalue weighted by molar-refractivity contribution is -0.392. The summed E-state index contributed by atoms with van der Waals surface area (Å²) in [6.07, 6.45) is -17.4. The van der Waals surface area contributed by atoms with E-state index in [9.17, 15) is 65.8 Å². The summed E-state index contributed by atoms with van der Waals surface area (Å²) in [5, 5.41) is 118. The van der Waals surface area contributed by atoms with Crippen LogP contribution in [0.2, 0.25) is 0 Å². The second kappa shape index (κ2) is 19.1. The van der Waals surface area contributed by atoms with Crippen molar-refractivity contribution in [3.05, 3.63) is 11.6 Å². The molecule has 11 N–H and O–H groups in total. The average molecular weight is 987 g/mol. The largest absolute Gasteiger partial charge is 0.481 e. The van der Waals surface area contributed by atoms with Crippen LogP contribution < -0.4 is 0 Å². The standard InChI is InChI=1S/C49H78O20/c1-44(2)27-10-13-48(6)28(9-8-22-23-18-45(3,43(62)63-7)14-16-49(23,42(60)61)17-15-47(22,48)5)46(27,4)12-11-29(44)67-40-36(59)37(32(55)26(21-52)65-40)68-41-38(34(57)31(54)25(20-51)66-41)69-39-35(58)33(56)30(53)24(19-50)64-39/h8,23-41,50-59H,9-21H2,1-7H3,(H,60,61). The Morgan fingerprint density at radius 2 is 1.19 bits per heavy atom. The average Bonchev–Trinajstić information content (AvgIpc) is 3.31. The molecule has 3 saturated heterocycles. The van der Waals surface area contributed by atoms with Gasteiger partial charge >= 0.3 is 11.9 Å². The third-order valence-corrected chi connectivity index (χ3v) is 19.8. The van der Waals surface area contributed by atoms with E-state index in [-0.39, 0.29) is 40.0 Å². The molecule has 0 aromatic rings. The molecule has 7 fully saturated rings. The van der Waals surface area contributed by atoms with Crippen molar-refractivity contribution in [3.63, 3.8) is 0 Å². The number of methoxy groups -OCH3 is 1. The summed E-state index contributed by atoms with van der Waals surface area (Å²) < 4.78 is 41.3. The quantitative estimate of drug-likeness (QED) is 0.0729. The molecule has 8 rings (SSSR count). The molecule has 24 unspecified atom stereocenters. The van der Waals surface area contributed by atoms with Crippen LogP contribution in [0.1, 0.15) is 106 Å². The van der Waals surface area contributed by atoms with E-state index >= 15 is 0 Å². The van der Waals surface area contributed by atoms with Crippen LogP contribution in [0.3, 0.4) is 0 Å².